The van der Waals surface area contributed by atoms with Gasteiger partial charge in [0, 0.05) is 37.3 Å². The van der Waals surface area contributed by atoms with Crippen LogP contribution in [0.3, 0.4) is 0 Å². The minimum Gasteiger partial charge on any atom is -0.393 e. The zero-order valence-corrected chi connectivity index (χ0v) is 17.6. The van der Waals surface area contributed by atoms with Crippen LogP contribution in [0.5, 0.6) is 0 Å². The van der Waals surface area contributed by atoms with Crippen LogP contribution in [-0.2, 0) is 29.1 Å². The van der Waals surface area contributed by atoms with Gasteiger partial charge in [0.05, 0.1) is 17.6 Å². The van der Waals surface area contributed by atoms with Crippen LogP contribution in [-0.4, -0.2) is 73.0 Å². The highest BCUT2D eigenvalue weighted by Gasteiger charge is 2.70. The predicted octanol–water partition coefficient (Wildman–Crippen LogP) is 0.896. The molecule has 9 atom stereocenters. The van der Waals surface area contributed by atoms with E-state index >= 15 is 0 Å². The number of hydrogen-bond donors (Lipinski definition) is 1. The van der Waals surface area contributed by atoms with E-state index in [9.17, 15) is 13.5 Å². The fourth-order valence-electron chi connectivity index (χ4n) is 6.24. The van der Waals surface area contributed by atoms with E-state index in [4.69, 9.17) is 19.2 Å². The predicted molar refractivity (Wildman–Crippen MR) is 98.4 cm³/mol. The van der Waals surface area contributed by atoms with Crippen molar-refractivity contribution in [1.29, 1.82) is 0 Å². The summed E-state index contributed by atoms with van der Waals surface area (Å²) in [5, 5.41) is 10.8. The normalized spacial score (nSPS) is 56.1. The summed E-state index contributed by atoms with van der Waals surface area (Å²) < 4.78 is 36.6. The standard InChI is InChI=1S/C19H31NO7S/c1-11-13-4-5-18(3)25-17-19(13,27-26-18)14(10-15(11)21)12(2)16(24-17)20-6-8-28(22,23)9-7-20/h11-17,21H,4-10H2,1-3H3/t11-,12+,13?,14?,15+,16+,17+,18+,19+/m0/s1. The van der Waals surface area contributed by atoms with Crippen LogP contribution in [0.25, 0.3) is 0 Å². The van der Waals surface area contributed by atoms with Gasteiger partial charge in [-0.3, -0.25) is 4.90 Å². The molecule has 5 heterocycles. The molecule has 0 amide bonds. The molecular weight excluding hydrogens is 386 g/mol. The van der Waals surface area contributed by atoms with E-state index in [0.29, 0.717) is 25.9 Å². The van der Waals surface area contributed by atoms with Gasteiger partial charge in [-0.15, -0.1) is 0 Å². The van der Waals surface area contributed by atoms with Crippen LogP contribution in [0.2, 0.25) is 0 Å². The van der Waals surface area contributed by atoms with E-state index in [1.165, 1.54) is 0 Å². The van der Waals surface area contributed by atoms with Gasteiger partial charge in [-0.25, -0.2) is 18.2 Å². The largest absolute Gasteiger partial charge is 0.393 e. The van der Waals surface area contributed by atoms with Crippen molar-refractivity contribution in [3.05, 3.63) is 0 Å². The van der Waals surface area contributed by atoms with Gasteiger partial charge in [0.2, 0.25) is 5.79 Å². The summed E-state index contributed by atoms with van der Waals surface area (Å²) in [6.07, 6.45) is 0.888. The van der Waals surface area contributed by atoms with Crippen LogP contribution in [0, 0.1) is 23.7 Å². The molecule has 5 saturated heterocycles. The van der Waals surface area contributed by atoms with Crippen molar-refractivity contribution < 1.29 is 32.8 Å². The monoisotopic (exact) mass is 417 g/mol. The van der Waals surface area contributed by atoms with E-state index < -0.39 is 33.6 Å². The Morgan fingerprint density at radius 1 is 1.07 bits per heavy atom. The smallest absolute Gasteiger partial charge is 0.201 e. The summed E-state index contributed by atoms with van der Waals surface area (Å²) in [5.74, 6) is -0.343. The second-order valence-corrected chi connectivity index (χ2v) is 11.9. The maximum atomic E-state index is 11.9. The first kappa shape index (κ1) is 19.7. The van der Waals surface area contributed by atoms with E-state index in [0.717, 1.165) is 6.42 Å². The Hall–Kier alpha value is -0.290. The molecule has 9 heteroatoms. The summed E-state index contributed by atoms with van der Waals surface area (Å²) >= 11 is 0. The Kier molecular flexibility index (Phi) is 4.46. The van der Waals surface area contributed by atoms with Gasteiger partial charge in [0.25, 0.3) is 0 Å². The maximum Gasteiger partial charge on any atom is 0.201 e. The summed E-state index contributed by atoms with van der Waals surface area (Å²) in [6, 6.07) is 0. The number of aliphatic hydroxyl groups excluding tert-OH is 1. The van der Waals surface area contributed by atoms with Gasteiger partial charge in [0.15, 0.2) is 21.7 Å². The fraction of sp³-hybridized carbons (Fsp3) is 1.00. The number of ether oxygens (including phenoxy) is 2. The highest BCUT2D eigenvalue weighted by atomic mass is 32.2. The molecule has 6 aliphatic rings. The van der Waals surface area contributed by atoms with Crippen LogP contribution in [0.15, 0.2) is 0 Å². The Labute approximate surface area is 166 Å². The third kappa shape index (κ3) is 2.74. The van der Waals surface area contributed by atoms with E-state index in [2.05, 4.69) is 18.7 Å². The molecule has 5 aliphatic heterocycles. The van der Waals surface area contributed by atoms with Gasteiger partial charge in [0.1, 0.15) is 6.23 Å². The van der Waals surface area contributed by atoms with Crippen molar-refractivity contribution in [2.75, 3.05) is 24.6 Å². The Bertz CT molecular complexity index is 729. The minimum absolute atomic E-state index is 0.00799. The second-order valence-electron chi connectivity index (χ2n) is 9.59. The molecule has 1 saturated carbocycles. The van der Waals surface area contributed by atoms with Crippen molar-refractivity contribution >= 4 is 9.84 Å². The van der Waals surface area contributed by atoms with Gasteiger partial charge < -0.3 is 14.6 Å². The molecule has 2 unspecified atom stereocenters. The van der Waals surface area contributed by atoms with Crippen LogP contribution in [0.4, 0.5) is 0 Å². The third-order valence-electron chi connectivity index (χ3n) is 7.98. The van der Waals surface area contributed by atoms with Crippen LogP contribution < -0.4 is 0 Å². The van der Waals surface area contributed by atoms with Crippen molar-refractivity contribution in [3.8, 4) is 0 Å². The van der Waals surface area contributed by atoms with Crippen molar-refractivity contribution in [3.63, 3.8) is 0 Å². The van der Waals surface area contributed by atoms with Gasteiger partial charge >= 0.3 is 0 Å². The van der Waals surface area contributed by atoms with Gasteiger partial charge in [-0.05, 0) is 25.7 Å². The molecule has 28 heavy (non-hydrogen) atoms. The number of sulfone groups is 1. The lowest BCUT2D eigenvalue weighted by Gasteiger charge is -2.62. The third-order valence-corrected chi connectivity index (χ3v) is 9.59. The summed E-state index contributed by atoms with van der Waals surface area (Å²) in [4.78, 5) is 14.0. The number of rotatable bonds is 1. The molecule has 1 N–H and O–H groups in total. The topological polar surface area (TPSA) is 94.5 Å². The molecule has 6 rings (SSSR count). The Balaban J connectivity index is 1.50. The first-order chi connectivity index (χ1) is 13.2. The molecule has 0 aromatic rings. The average Bonchev–Trinajstić information content (AvgIpc) is 2.87. The van der Waals surface area contributed by atoms with Gasteiger partial charge in [-0.1, -0.05) is 13.8 Å². The maximum absolute atomic E-state index is 11.9. The first-order valence-corrected chi connectivity index (χ1v) is 12.3. The molecule has 0 radical (unpaired) electrons. The summed E-state index contributed by atoms with van der Waals surface area (Å²) in [5.41, 5.74) is -0.730. The molecule has 6 fully saturated rings. The highest BCUT2D eigenvalue weighted by molar-refractivity contribution is 7.91. The molecule has 160 valence electrons. The van der Waals surface area contributed by atoms with Crippen LogP contribution in [0.1, 0.15) is 40.0 Å². The minimum atomic E-state index is -2.97. The number of aliphatic hydroxyl groups is 1. The quantitative estimate of drug-likeness (QED) is 0.629. The summed E-state index contributed by atoms with van der Waals surface area (Å²) in [6.45, 7) is 6.98. The van der Waals surface area contributed by atoms with Crippen molar-refractivity contribution in [2.45, 2.75) is 70.0 Å². The molecule has 1 aliphatic carbocycles. The number of hydrogen-bond acceptors (Lipinski definition) is 8. The lowest BCUT2D eigenvalue weighted by Crippen LogP contribution is -2.73. The Morgan fingerprint density at radius 2 is 1.79 bits per heavy atom. The zero-order chi connectivity index (χ0) is 19.9. The van der Waals surface area contributed by atoms with E-state index in [1.54, 1.807) is 0 Å². The molecular formula is C19H31NO7S. The van der Waals surface area contributed by atoms with Crippen molar-refractivity contribution in [1.82, 2.24) is 4.90 Å². The highest BCUT2D eigenvalue weighted by Crippen LogP contribution is 2.60. The molecule has 8 nitrogen and oxygen atoms in total. The second kappa shape index (κ2) is 6.35. The zero-order valence-electron chi connectivity index (χ0n) is 16.7. The van der Waals surface area contributed by atoms with Gasteiger partial charge in [-0.2, -0.15) is 0 Å². The first-order valence-electron chi connectivity index (χ1n) is 10.5. The van der Waals surface area contributed by atoms with E-state index in [1.807, 2.05) is 6.92 Å². The number of nitrogens with zero attached hydrogens (tertiary/aromatic N) is 1. The Morgan fingerprint density at radius 3 is 2.50 bits per heavy atom. The number of fused-ring (bicyclic) bond motifs is 2. The molecule has 2 bridgehead atoms. The average molecular weight is 418 g/mol. The lowest BCUT2D eigenvalue weighted by molar-refractivity contribution is -0.575. The van der Waals surface area contributed by atoms with Crippen molar-refractivity contribution in [2.24, 2.45) is 23.7 Å². The van der Waals surface area contributed by atoms with E-state index in [-0.39, 0.29) is 41.4 Å². The molecule has 0 aromatic carbocycles. The SMILES string of the molecule is C[C@@H]1C2C[C@@H](O)[C@@H](C)C3CC[C@@]4(C)OO[C@@]23[C@H](O[C@H]1N1CCS(=O)(=O)CC1)O4. The fourth-order valence-corrected chi connectivity index (χ4v) is 7.47. The lowest BCUT2D eigenvalue weighted by atomic mass is 9.57. The summed E-state index contributed by atoms with van der Waals surface area (Å²) in [7, 11) is -2.97. The molecule has 0 aromatic heterocycles. The van der Waals surface area contributed by atoms with Crippen LogP contribution >= 0.6 is 0 Å². The molecule has 1 spiro atoms.